The van der Waals surface area contributed by atoms with Gasteiger partial charge in [0.15, 0.2) is 12.4 Å². The number of carbonyl (C=O) groups excluding carboxylic acids is 1. The number of hydrogen-bond acceptors (Lipinski definition) is 7. The lowest BCUT2D eigenvalue weighted by atomic mass is 9.80. The highest BCUT2D eigenvalue weighted by Gasteiger charge is 2.47. The van der Waals surface area contributed by atoms with Crippen molar-refractivity contribution in [2.75, 3.05) is 6.61 Å². The second-order valence-electron chi connectivity index (χ2n) is 8.21. The van der Waals surface area contributed by atoms with Gasteiger partial charge in [0.1, 0.15) is 23.9 Å². The second kappa shape index (κ2) is 10.5. The maximum Gasteiger partial charge on any atom is 0.303 e. The van der Waals surface area contributed by atoms with Crippen LogP contribution in [0.25, 0.3) is 0 Å². The van der Waals surface area contributed by atoms with Gasteiger partial charge in [-0.3, -0.25) is 4.79 Å². The van der Waals surface area contributed by atoms with E-state index in [4.69, 9.17) is 14.2 Å². The molecule has 1 heterocycles. The summed E-state index contributed by atoms with van der Waals surface area (Å²) in [4.78, 5) is 11.3. The molecule has 0 radical (unpaired) electrons. The molecular weight excluding hydrogens is 436 g/mol. The van der Waals surface area contributed by atoms with Gasteiger partial charge in [-0.1, -0.05) is 91.0 Å². The van der Waals surface area contributed by atoms with Gasteiger partial charge in [-0.05, 0) is 16.7 Å². The number of esters is 1. The third-order valence-electron chi connectivity index (χ3n) is 5.97. The summed E-state index contributed by atoms with van der Waals surface area (Å²) in [6.07, 6.45) is -7.08. The van der Waals surface area contributed by atoms with E-state index in [-0.39, 0.29) is 6.61 Å². The quantitative estimate of drug-likeness (QED) is 0.364. The van der Waals surface area contributed by atoms with Crippen LogP contribution >= 0.6 is 0 Å². The van der Waals surface area contributed by atoms with Crippen molar-refractivity contribution in [3.05, 3.63) is 108 Å². The molecule has 3 aromatic carbocycles. The maximum atomic E-state index is 11.3. The average Bonchev–Trinajstić information content (AvgIpc) is 2.87. The topological polar surface area (TPSA) is 105 Å². The van der Waals surface area contributed by atoms with Crippen molar-refractivity contribution in [2.24, 2.45) is 0 Å². The zero-order valence-corrected chi connectivity index (χ0v) is 18.7. The lowest BCUT2D eigenvalue weighted by Gasteiger charge is -2.42. The molecule has 4 rings (SSSR count). The van der Waals surface area contributed by atoms with Crippen molar-refractivity contribution < 1.29 is 34.3 Å². The summed E-state index contributed by atoms with van der Waals surface area (Å²) in [5.41, 5.74) is 1.51. The van der Waals surface area contributed by atoms with Crippen LogP contribution in [-0.2, 0) is 24.6 Å². The Kier molecular flexibility index (Phi) is 7.41. The molecule has 7 nitrogen and oxygen atoms in total. The number of carbonyl (C=O) groups is 1. The molecule has 3 aromatic rings. The summed E-state index contributed by atoms with van der Waals surface area (Å²) >= 11 is 0. The van der Waals surface area contributed by atoms with Crippen LogP contribution in [0.4, 0.5) is 0 Å². The Balaban J connectivity index is 1.71. The number of aliphatic hydroxyl groups is 3. The van der Waals surface area contributed by atoms with Gasteiger partial charge in [-0.15, -0.1) is 0 Å². The van der Waals surface area contributed by atoms with E-state index < -0.39 is 42.3 Å². The van der Waals surface area contributed by atoms with Crippen LogP contribution < -0.4 is 0 Å². The highest BCUT2D eigenvalue weighted by molar-refractivity contribution is 5.66. The number of rotatable bonds is 7. The molecule has 0 unspecified atom stereocenters. The molecule has 1 aliphatic rings. The van der Waals surface area contributed by atoms with Crippen LogP contribution in [0.3, 0.4) is 0 Å². The van der Waals surface area contributed by atoms with Crippen LogP contribution in [0.5, 0.6) is 0 Å². The van der Waals surface area contributed by atoms with Crippen molar-refractivity contribution in [1.29, 1.82) is 0 Å². The maximum absolute atomic E-state index is 11.3. The Hall–Kier alpha value is -3.07. The number of hydrogen-bond donors (Lipinski definition) is 3. The molecule has 0 saturated carbocycles. The third kappa shape index (κ3) is 4.75. The Morgan fingerprint density at radius 2 is 1.24 bits per heavy atom. The van der Waals surface area contributed by atoms with Crippen LogP contribution in [0.2, 0.25) is 0 Å². The standard InChI is InChI=1S/C27H28O7/c1-18(28)33-25-24(30)23(29)22(34-26(25)31)17-32-27(19-11-5-2-6-12-19,20-13-7-3-8-14-20)21-15-9-4-10-16-21/h2-16,22-26,29-31H,17H2,1H3/t22-,23-,24+,25-,26+/m1/s1. The molecule has 7 heteroatoms. The van der Waals surface area contributed by atoms with Crippen LogP contribution in [-0.4, -0.2) is 58.6 Å². The fraction of sp³-hybridized carbons (Fsp3) is 0.296. The predicted octanol–water partition coefficient (Wildman–Crippen LogP) is 2.37. The lowest BCUT2D eigenvalue weighted by molar-refractivity contribution is -0.295. The SMILES string of the molecule is CC(=O)O[C@@H]1[C@@H](O)[C@H](O)[C@@H](COC(c2ccccc2)(c2ccccc2)c2ccccc2)O[C@@H]1O. The van der Waals surface area contributed by atoms with E-state index >= 15 is 0 Å². The summed E-state index contributed by atoms with van der Waals surface area (Å²) in [5, 5.41) is 31.5. The first kappa shape index (κ1) is 24.1. The van der Waals surface area contributed by atoms with Gasteiger partial charge in [0.25, 0.3) is 0 Å². The van der Waals surface area contributed by atoms with E-state index in [1.54, 1.807) is 0 Å². The minimum Gasteiger partial charge on any atom is -0.454 e. The van der Waals surface area contributed by atoms with Gasteiger partial charge >= 0.3 is 5.97 Å². The molecule has 5 atom stereocenters. The summed E-state index contributed by atoms with van der Waals surface area (Å²) in [5.74, 6) is -0.704. The first-order valence-corrected chi connectivity index (χ1v) is 11.1. The normalized spacial score (nSPS) is 25.0. The Morgan fingerprint density at radius 1 is 0.794 bits per heavy atom. The second-order valence-corrected chi connectivity index (χ2v) is 8.21. The summed E-state index contributed by atoms with van der Waals surface area (Å²) < 4.78 is 17.0. The fourth-order valence-corrected chi connectivity index (χ4v) is 4.35. The molecule has 1 fully saturated rings. The van der Waals surface area contributed by atoms with Crippen molar-refractivity contribution >= 4 is 5.97 Å². The minimum absolute atomic E-state index is 0.166. The van der Waals surface area contributed by atoms with Crippen LogP contribution in [0.1, 0.15) is 23.6 Å². The van der Waals surface area contributed by atoms with E-state index in [0.717, 1.165) is 23.6 Å². The molecule has 1 saturated heterocycles. The molecule has 0 amide bonds. The van der Waals surface area contributed by atoms with Gasteiger partial charge in [-0.25, -0.2) is 0 Å². The summed E-state index contributed by atoms with van der Waals surface area (Å²) in [6, 6.07) is 29.0. The monoisotopic (exact) mass is 464 g/mol. The molecule has 0 aromatic heterocycles. The van der Waals surface area contributed by atoms with E-state index in [2.05, 4.69) is 0 Å². The molecule has 0 spiro atoms. The Bertz CT molecular complexity index is 961. The summed E-state index contributed by atoms with van der Waals surface area (Å²) in [6.45, 7) is 0.982. The number of ether oxygens (including phenoxy) is 3. The Morgan fingerprint density at radius 3 is 1.65 bits per heavy atom. The first-order chi connectivity index (χ1) is 16.4. The molecule has 0 aliphatic carbocycles. The molecule has 1 aliphatic heterocycles. The first-order valence-electron chi connectivity index (χ1n) is 11.1. The van der Waals surface area contributed by atoms with Gasteiger partial charge in [0, 0.05) is 6.92 Å². The third-order valence-corrected chi connectivity index (χ3v) is 5.97. The van der Waals surface area contributed by atoms with E-state index in [1.165, 1.54) is 0 Å². The predicted molar refractivity (Wildman–Crippen MR) is 124 cm³/mol. The number of benzene rings is 3. The van der Waals surface area contributed by atoms with Crippen LogP contribution in [0.15, 0.2) is 91.0 Å². The minimum atomic E-state index is -1.62. The van der Waals surface area contributed by atoms with E-state index in [1.807, 2.05) is 91.0 Å². The van der Waals surface area contributed by atoms with Crippen molar-refractivity contribution in [1.82, 2.24) is 0 Å². The number of aliphatic hydroxyl groups excluding tert-OH is 3. The van der Waals surface area contributed by atoms with Crippen molar-refractivity contribution in [2.45, 2.75) is 43.2 Å². The lowest BCUT2D eigenvalue weighted by Crippen LogP contribution is -2.60. The van der Waals surface area contributed by atoms with Gasteiger partial charge in [-0.2, -0.15) is 0 Å². The van der Waals surface area contributed by atoms with Gasteiger partial charge < -0.3 is 29.5 Å². The highest BCUT2D eigenvalue weighted by Crippen LogP contribution is 2.41. The van der Waals surface area contributed by atoms with Gasteiger partial charge in [0.05, 0.1) is 6.61 Å². The largest absolute Gasteiger partial charge is 0.454 e. The fourth-order valence-electron chi connectivity index (χ4n) is 4.35. The van der Waals surface area contributed by atoms with E-state index in [0.29, 0.717) is 0 Å². The smallest absolute Gasteiger partial charge is 0.303 e. The zero-order valence-electron chi connectivity index (χ0n) is 18.7. The zero-order chi connectivity index (χ0) is 24.1. The van der Waals surface area contributed by atoms with Crippen molar-refractivity contribution in [3.8, 4) is 0 Å². The summed E-state index contributed by atoms with van der Waals surface area (Å²) in [7, 11) is 0. The highest BCUT2D eigenvalue weighted by atomic mass is 16.7. The Labute approximate surface area is 198 Å². The van der Waals surface area contributed by atoms with E-state index in [9.17, 15) is 20.1 Å². The van der Waals surface area contributed by atoms with Gasteiger partial charge in [0.2, 0.25) is 0 Å². The van der Waals surface area contributed by atoms with Crippen molar-refractivity contribution in [3.63, 3.8) is 0 Å². The molecule has 3 N–H and O–H groups in total. The molecule has 178 valence electrons. The average molecular weight is 465 g/mol. The molecular formula is C27H28O7. The van der Waals surface area contributed by atoms with Crippen LogP contribution in [0, 0.1) is 0 Å². The molecule has 0 bridgehead atoms. The molecule has 34 heavy (non-hydrogen) atoms.